The fourth-order valence-corrected chi connectivity index (χ4v) is 3.55. The SMILES string of the molecule is CN1c2ccccc2N(C)C1/N=N/c1ccc(N2CCCC2)cc1. The predicted molar refractivity (Wildman–Crippen MR) is 99.4 cm³/mol. The number of rotatable bonds is 3. The molecule has 5 nitrogen and oxygen atoms in total. The normalized spacial score (nSPS) is 18.0. The van der Waals surface area contributed by atoms with Gasteiger partial charge in [-0.05, 0) is 49.2 Å². The summed E-state index contributed by atoms with van der Waals surface area (Å²) in [4.78, 5) is 6.73. The maximum atomic E-state index is 4.56. The Kier molecular flexibility index (Phi) is 3.84. The van der Waals surface area contributed by atoms with E-state index < -0.39 is 0 Å². The van der Waals surface area contributed by atoms with Crippen molar-refractivity contribution in [2.24, 2.45) is 10.2 Å². The molecule has 0 radical (unpaired) electrons. The molecule has 0 atom stereocenters. The molecule has 0 amide bonds. The summed E-state index contributed by atoms with van der Waals surface area (Å²) < 4.78 is 0. The molecule has 0 aliphatic carbocycles. The molecule has 2 aliphatic rings. The lowest BCUT2D eigenvalue weighted by molar-refractivity contribution is 0.649. The van der Waals surface area contributed by atoms with Crippen LogP contribution in [0.3, 0.4) is 0 Å². The van der Waals surface area contributed by atoms with Gasteiger partial charge in [-0.25, -0.2) is 0 Å². The summed E-state index contributed by atoms with van der Waals surface area (Å²) in [6.45, 7) is 2.33. The fourth-order valence-electron chi connectivity index (χ4n) is 3.55. The van der Waals surface area contributed by atoms with Crippen molar-refractivity contribution in [1.82, 2.24) is 0 Å². The minimum Gasteiger partial charge on any atom is -0.372 e. The lowest BCUT2D eigenvalue weighted by atomic mass is 10.2. The molecule has 0 unspecified atom stereocenters. The van der Waals surface area contributed by atoms with Crippen molar-refractivity contribution >= 4 is 22.7 Å². The first-order valence-electron chi connectivity index (χ1n) is 8.54. The lowest BCUT2D eigenvalue weighted by Crippen LogP contribution is -2.36. The average molecular weight is 321 g/mol. The van der Waals surface area contributed by atoms with Gasteiger partial charge in [0, 0.05) is 32.9 Å². The van der Waals surface area contributed by atoms with E-state index in [2.05, 4.69) is 87.6 Å². The third-order valence-corrected chi connectivity index (χ3v) is 4.93. The molecule has 2 heterocycles. The van der Waals surface area contributed by atoms with Crippen molar-refractivity contribution in [3.63, 3.8) is 0 Å². The highest BCUT2D eigenvalue weighted by molar-refractivity contribution is 5.76. The first-order valence-corrected chi connectivity index (χ1v) is 8.54. The van der Waals surface area contributed by atoms with Gasteiger partial charge in [-0.1, -0.05) is 12.1 Å². The molecule has 0 N–H and O–H groups in total. The van der Waals surface area contributed by atoms with Crippen LogP contribution in [0.5, 0.6) is 0 Å². The number of benzene rings is 2. The van der Waals surface area contributed by atoms with Gasteiger partial charge >= 0.3 is 0 Å². The van der Waals surface area contributed by atoms with E-state index in [1.54, 1.807) is 0 Å². The van der Waals surface area contributed by atoms with Crippen LogP contribution in [0.15, 0.2) is 58.8 Å². The standard InChI is InChI=1S/C19H23N5/c1-22-17-7-3-4-8-18(17)23(2)19(22)21-20-15-9-11-16(12-10-15)24-13-5-6-14-24/h3-4,7-12,19H,5-6,13-14H2,1-2H3/b21-20+. The van der Waals surface area contributed by atoms with Gasteiger partial charge in [-0.3, -0.25) is 0 Å². The van der Waals surface area contributed by atoms with Crippen LogP contribution >= 0.6 is 0 Å². The summed E-state index contributed by atoms with van der Waals surface area (Å²) in [6, 6.07) is 16.8. The third kappa shape index (κ3) is 2.60. The van der Waals surface area contributed by atoms with Crippen molar-refractivity contribution in [3.8, 4) is 0 Å². The van der Waals surface area contributed by atoms with Gasteiger partial charge in [0.2, 0.25) is 6.29 Å². The van der Waals surface area contributed by atoms with Gasteiger partial charge in [0.25, 0.3) is 0 Å². The van der Waals surface area contributed by atoms with Crippen LogP contribution in [-0.4, -0.2) is 33.5 Å². The maximum absolute atomic E-state index is 4.56. The van der Waals surface area contributed by atoms with Gasteiger partial charge in [-0.15, -0.1) is 5.11 Å². The summed E-state index contributed by atoms with van der Waals surface area (Å²) in [5.41, 5.74) is 4.56. The molecule has 4 rings (SSSR count). The first kappa shape index (κ1) is 15.0. The number of nitrogens with zero attached hydrogens (tertiary/aromatic N) is 5. The van der Waals surface area contributed by atoms with Gasteiger partial charge in [0.05, 0.1) is 17.1 Å². The summed E-state index contributed by atoms with van der Waals surface area (Å²) in [6.07, 6.45) is 2.49. The molecule has 0 aromatic heterocycles. The first-order chi connectivity index (χ1) is 11.7. The Labute approximate surface area is 143 Å². The van der Waals surface area contributed by atoms with Crippen molar-refractivity contribution in [2.45, 2.75) is 19.1 Å². The van der Waals surface area contributed by atoms with E-state index in [0.29, 0.717) is 0 Å². The highest BCUT2D eigenvalue weighted by atomic mass is 15.5. The van der Waals surface area contributed by atoms with Gasteiger partial charge in [0.15, 0.2) is 0 Å². The molecule has 0 bridgehead atoms. The second kappa shape index (κ2) is 6.15. The Hall–Kier alpha value is -2.56. The second-order valence-electron chi connectivity index (χ2n) is 6.48. The number of anilines is 3. The van der Waals surface area contributed by atoms with Crippen LogP contribution in [-0.2, 0) is 0 Å². The number of fused-ring (bicyclic) bond motifs is 1. The largest absolute Gasteiger partial charge is 0.372 e. The molecular formula is C19H23N5. The van der Waals surface area contributed by atoms with Crippen LogP contribution in [0.4, 0.5) is 22.7 Å². The van der Waals surface area contributed by atoms with Gasteiger partial charge < -0.3 is 14.7 Å². The van der Waals surface area contributed by atoms with Crippen LogP contribution in [0, 0.1) is 0 Å². The molecule has 5 heteroatoms. The number of para-hydroxylation sites is 2. The highest BCUT2D eigenvalue weighted by Gasteiger charge is 2.30. The Morgan fingerprint density at radius 1 is 0.833 bits per heavy atom. The molecule has 124 valence electrons. The number of hydrogen-bond donors (Lipinski definition) is 0. The quantitative estimate of drug-likeness (QED) is 0.793. The van der Waals surface area contributed by atoms with E-state index in [-0.39, 0.29) is 6.29 Å². The molecule has 0 spiro atoms. The molecule has 2 aromatic rings. The minimum atomic E-state index is -0.0966. The maximum Gasteiger partial charge on any atom is 0.218 e. The van der Waals surface area contributed by atoms with E-state index in [1.807, 2.05) is 0 Å². The molecule has 2 aromatic carbocycles. The van der Waals surface area contributed by atoms with Gasteiger partial charge in [0.1, 0.15) is 0 Å². The van der Waals surface area contributed by atoms with E-state index in [1.165, 1.54) is 29.9 Å². The lowest BCUT2D eigenvalue weighted by Gasteiger charge is -2.22. The van der Waals surface area contributed by atoms with E-state index in [9.17, 15) is 0 Å². The number of hydrogen-bond acceptors (Lipinski definition) is 5. The van der Waals surface area contributed by atoms with Crippen molar-refractivity contribution in [1.29, 1.82) is 0 Å². The van der Waals surface area contributed by atoms with Crippen molar-refractivity contribution < 1.29 is 0 Å². The van der Waals surface area contributed by atoms with Crippen molar-refractivity contribution in [3.05, 3.63) is 48.5 Å². The van der Waals surface area contributed by atoms with E-state index in [4.69, 9.17) is 0 Å². The molecule has 1 saturated heterocycles. The monoisotopic (exact) mass is 321 g/mol. The smallest absolute Gasteiger partial charge is 0.218 e. The molecule has 24 heavy (non-hydrogen) atoms. The van der Waals surface area contributed by atoms with Crippen LogP contribution in [0.25, 0.3) is 0 Å². The Bertz CT molecular complexity index is 705. The van der Waals surface area contributed by atoms with Crippen LogP contribution in [0.1, 0.15) is 12.8 Å². The molecule has 2 aliphatic heterocycles. The summed E-state index contributed by atoms with van der Waals surface area (Å²) in [5.74, 6) is 0. The Morgan fingerprint density at radius 2 is 1.42 bits per heavy atom. The summed E-state index contributed by atoms with van der Waals surface area (Å²) >= 11 is 0. The van der Waals surface area contributed by atoms with E-state index >= 15 is 0 Å². The average Bonchev–Trinajstić information content (AvgIpc) is 3.23. The topological polar surface area (TPSA) is 34.4 Å². The third-order valence-electron chi connectivity index (χ3n) is 4.93. The van der Waals surface area contributed by atoms with Crippen LogP contribution < -0.4 is 14.7 Å². The molecule has 1 fully saturated rings. The Morgan fingerprint density at radius 3 is 2.00 bits per heavy atom. The number of azo groups is 1. The summed E-state index contributed by atoms with van der Waals surface area (Å²) in [7, 11) is 4.12. The molecular weight excluding hydrogens is 298 g/mol. The van der Waals surface area contributed by atoms with Crippen molar-refractivity contribution in [2.75, 3.05) is 41.9 Å². The predicted octanol–water partition coefficient (Wildman–Crippen LogP) is 4.24. The van der Waals surface area contributed by atoms with E-state index in [0.717, 1.165) is 18.8 Å². The Balaban J connectivity index is 1.49. The van der Waals surface area contributed by atoms with Gasteiger partial charge in [-0.2, -0.15) is 5.11 Å². The summed E-state index contributed by atoms with van der Waals surface area (Å²) in [5, 5.41) is 9.02. The zero-order chi connectivity index (χ0) is 16.5. The molecule has 0 saturated carbocycles. The zero-order valence-electron chi connectivity index (χ0n) is 14.3. The second-order valence-corrected chi connectivity index (χ2v) is 6.48. The minimum absolute atomic E-state index is 0.0966. The van der Waals surface area contributed by atoms with Crippen LogP contribution in [0.2, 0.25) is 0 Å². The zero-order valence-corrected chi connectivity index (χ0v) is 14.3. The fraction of sp³-hybridized carbons (Fsp3) is 0.368. The highest BCUT2D eigenvalue weighted by Crippen LogP contribution is 2.38.